The number of piperazine rings is 1. The lowest BCUT2D eigenvalue weighted by Gasteiger charge is -2.35. The predicted octanol–water partition coefficient (Wildman–Crippen LogP) is 3.65. The molecule has 1 aliphatic heterocycles. The molecular formula is C19H24N2O2S2. The first kappa shape index (κ1) is 18.4. The summed E-state index contributed by atoms with van der Waals surface area (Å²) < 4.78 is 6.22. The number of nitrogens with zero attached hydrogens (tertiary/aromatic N) is 2. The quantitative estimate of drug-likeness (QED) is 0.599. The molecule has 0 amide bonds. The molecule has 6 heteroatoms. The normalized spacial score (nSPS) is 15.7. The lowest BCUT2D eigenvalue weighted by Crippen LogP contribution is -2.47. The molecule has 1 aromatic heterocycles. The van der Waals surface area contributed by atoms with E-state index in [2.05, 4.69) is 22.8 Å². The van der Waals surface area contributed by atoms with E-state index in [-0.39, 0.29) is 5.63 Å². The molecule has 1 aromatic carbocycles. The second-order valence-corrected chi connectivity index (χ2v) is 8.08. The lowest BCUT2D eigenvalue weighted by molar-refractivity contribution is 0.186. The SMILES string of the molecule is CCCN1CCN(C(=S)SCc2cc(=O)oc3ccc(C)cc23)CC1. The Hall–Kier alpha value is -1.37. The van der Waals surface area contributed by atoms with Crippen LogP contribution in [-0.4, -0.2) is 46.8 Å². The number of benzene rings is 1. The summed E-state index contributed by atoms with van der Waals surface area (Å²) in [6.45, 7) is 9.55. The summed E-state index contributed by atoms with van der Waals surface area (Å²) in [5, 5.41) is 1.00. The minimum absolute atomic E-state index is 0.300. The van der Waals surface area contributed by atoms with Crippen LogP contribution in [0.2, 0.25) is 0 Å². The molecule has 1 saturated heterocycles. The van der Waals surface area contributed by atoms with Crippen LogP contribution in [0.25, 0.3) is 11.0 Å². The topological polar surface area (TPSA) is 36.7 Å². The first-order chi connectivity index (χ1) is 12.1. The fourth-order valence-corrected chi connectivity index (χ4v) is 4.40. The highest BCUT2D eigenvalue weighted by atomic mass is 32.2. The van der Waals surface area contributed by atoms with Crippen LogP contribution in [0.4, 0.5) is 0 Å². The molecule has 25 heavy (non-hydrogen) atoms. The molecule has 0 spiro atoms. The Balaban J connectivity index is 1.66. The Morgan fingerprint density at radius 3 is 2.72 bits per heavy atom. The minimum atomic E-state index is -0.300. The van der Waals surface area contributed by atoms with Gasteiger partial charge in [-0.15, -0.1) is 0 Å². The van der Waals surface area contributed by atoms with Crippen LogP contribution in [0, 0.1) is 6.92 Å². The molecule has 0 atom stereocenters. The summed E-state index contributed by atoms with van der Waals surface area (Å²) in [6.07, 6.45) is 1.20. The van der Waals surface area contributed by atoms with Crippen molar-refractivity contribution >= 4 is 39.3 Å². The summed E-state index contributed by atoms with van der Waals surface area (Å²) in [5.74, 6) is 0.694. The summed E-state index contributed by atoms with van der Waals surface area (Å²) in [4.78, 5) is 16.6. The highest BCUT2D eigenvalue weighted by molar-refractivity contribution is 8.22. The Bertz CT molecular complexity index is 811. The van der Waals surface area contributed by atoms with Gasteiger partial charge in [0.2, 0.25) is 0 Å². The summed E-state index contributed by atoms with van der Waals surface area (Å²) >= 11 is 7.26. The van der Waals surface area contributed by atoms with Gasteiger partial charge in [0.1, 0.15) is 9.90 Å². The molecule has 0 N–H and O–H groups in total. The maximum Gasteiger partial charge on any atom is 0.336 e. The van der Waals surface area contributed by atoms with Gasteiger partial charge in [0.05, 0.1) is 0 Å². The van der Waals surface area contributed by atoms with Gasteiger partial charge in [0.25, 0.3) is 0 Å². The molecule has 2 heterocycles. The van der Waals surface area contributed by atoms with Crippen molar-refractivity contribution in [1.82, 2.24) is 9.80 Å². The van der Waals surface area contributed by atoms with Crippen molar-refractivity contribution in [1.29, 1.82) is 0 Å². The Kier molecular flexibility index (Phi) is 6.15. The molecule has 4 nitrogen and oxygen atoms in total. The molecule has 0 saturated carbocycles. The molecule has 0 bridgehead atoms. The van der Waals surface area contributed by atoms with E-state index in [0.29, 0.717) is 11.3 Å². The number of thioether (sulfide) groups is 1. The van der Waals surface area contributed by atoms with Gasteiger partial charge in [-0.1, -0.05) is 42.5 Å². The van der Waals surface area contributed by atoms with Gasteiger partial charge >= 0.3 is 5.63 Å². The molecular weight excluding hydrogens is 352 g/mol. The monoisotopic (exact) mass is 376 g/mol. The van der Waals surface area contributed by atoms with E-state index >= 15 is 0 Å². The molecule has 0 aliphatic carbocycles. The van der Waals surface area contributed by atoms with Crippen LogP contribution in [0.5, 0.6) is 0 Å². The molecule has 1 fully saturated rings. The number of fused-ring (bicyclic) bond motifs is 1. The van der Waals surface area contributed by atoms with E-state index in [9.17, 15) is 4.79 Å². The first-order valence-corrected chi connectivity index (χ1v) is 10.1. The van der Waals surface area contributed by atoms with Gasteiger partial charge in [-0.05, 0) is 37.6 Å². The number of hydrogen-bond donors (Lipinski definition) is 0. The second-order valence-electron chi connectivity index (χ2n) is 6.47. The van der Waals surface area contributed by atoms with Crippen LogP contribution < -0.4 is 5.63 Å². The number of hydrogen-bond acceptors (Lipinski definition) is 5. The second kappa shape index (κ2) is 8.34. The van der Waals surface area contributed by atoms with Crippen LogP contribution >= 0.6 is 24.0 Å². The third-order valence-corrected chi connectivity index (χ3v) is 6.08. The van der Waals surface area contributed by atoms with Gasteiger partial charge in [-0.25, -0.2) is 4.79 Å². The molecule has 2 aromatic rings. The van der Waals surface area contributed by atoms with E-state index in [1.165, 1.54) is 13.0 Å². The molecule has 1 aliphatic rings. The van der Waals surface area contributed by atoms with E-state index in [1.807, 2.05) is 19.1 Å². The largest absolute Gasteiger partial charge is 0.423 e. The van der Waals surface area contributed by atoms with E-state index in [4.69, 9.17) is 16.6 Å². The van der Waals surface area contributed by atoms with Crippen molar-refractivity contribution in [2.75, 3.05) is 32.7 Å². The lowest BCUT2D eigenvalue weighted by atomic mass is 10.1. The standard InChI is InChI=1S/C19H24N2O2S2/c1-3-6-20-7-9-21(10-8-20)19(24)25-13-15-12-18(22)23-17-5-4-14(2)11-16(15)17/h4-5,11-12H,3,6-10,13H2,1-2H3. The predicted molar refractivity (Wildman–Crippen MR) is 109 cm³/mol. The fourth-order valence-electron chi connectivity index (χ4n) is 3.16. The highest BCUT2D eigenvalue weighted by Crippen LogP contribution is 2.24. The number of rotatable bonds is 4. The molecule has 0 unspecified atom stereocenters. The average molecular weight is 377 g/mol. The zero-order valence-electron chi connectivity index (χ0n) is 14.8. The van der Waals surface area contributed by atoms with Gasteiger partial charge < -0.3 is 9.32 Å². The van der Waals surface area contributed by atoms with Crippen molar-refractivity contribution in [3.8, 4) is 0 Å². The maximum absolute atomic E-state index is 11.8. The van der Waals surface area contributed by atoms with E-state index in [0.717, 1.165) is 47.0 Å². The van der Waals surface area contributed by atoms with Crippen molar-refractivity contribution in [2.24, 2.45) is 0 Å². The van der Waals surface area contributed by atoms with Crippen molar-refractivity contribution < 1.29 is 4.42 Å². The van der Waals surface area contributed by atoms with E-state index < -0.39 is 0 Å². The number of thiocarbonyl (C=S) groups is 1. The van der Waals surface area contributed by atoms with Gasteiger partial charge in [-0.3, -0.25) is 4.90 Å². The van der Waals surface area contributed by atoms with Gasteiger partial charge in [-0.2, -0.15) is 0 Å². The highest BCUT2D eigenvalue weighted by Gasteiger charge is 2.19. The zero-order chi connectivity index (χ0) is 17.8. The average Bonchev–Trinajstić information content (AvgIpc) is 2.60. The van der Waals surface area contributed by atoms with E-state index in [1.54, 1.807) is 17.8 Å². The Labute approximate surface area is 158 Å². The maximum atomic E-state index is 11.8. The first-order valence-electron chi connectivity index (χ1n) is 8.74. The Morgan fingerprint density at radius 2 is 2.00 bits per heavy atom. The summed E-state index contributed by atoms with van der Waals surface area (Å²) in [6, 6.07) is 7.49. The molecule has 134 valence electrons. The van der Waals surface area contributed by atoms with Crippen molar-refractivity contribution in [2.45, 2.75) is 26.0 Å². The smallest absolute Gasteiger partial charge is 0.336 e. The van der Waals surface area contributed by atoms with Crippen LogP contribution in [-0.2, 0) is 5.75 Å². The minimum Gasteiger partial charge on any atom is -0.423 e. The van der Waals surface area contributed by atoms with Crippen molar-refractivity contribution in [3.63, 3.8) is 0 Å². The van der Waals surface area contributed by atoms with Gasteiger partial charge in [0.15, 0.2) is 0 Å². The van der Waals surface area contributed by atoms with Crippen LogP contribution in [0.15, 0.2) is 33.5 Å². The van der Waals surface area contributed by atoms with Crippen molar-refractivity contribution in [3.05, 3.63) is 45.8 Å². The van der Waals surface area contributed by atoms with Gasteiger partial charge in [0, 0.05) is 43.4 Å². The van der Waals surface area contributed by atoms with Crippen LogP contribution in [0.1, 0.15) is 24.5 Å². The summed E-state index contributed by atoms with van der Waals surface area (Å²) in [5.41, 5.74) is 2.49. The zero-order valence-corrected chi connectivity index (χ0v) is 16.4. The molecule has 3 rings (SSSR count). The third-order valence-electron chi connectivity index (χ3n) is 4.51. The molecule has 0 radical (unpaired) electrons. The number of aryl methyl sites for hydroxylation is 1. The fraction of sp³-hybridized carbons (Fsp3) is 0.474. The van der Waals surface area contributed by atoms with Crippen LogP contribution in [0.3, 0.4) is 0 Å². The third kappa shape index (κ3) is 4.63. The Morgan fingerprint density at radius 1 is 1.24 bits per heavy atom. The summed E-state index contributed by atoms with van der Waals surface area (Å²) in [7, 11) is 0.